The van der Waals surface area contributed by atoms with Crippen molar-refractivity contribution < 1.29 is 4.79 Å². The predicted octanol–water partition coefficient (Wildman–Crippen LogP) is 3.17. The van der Waals surface area contributed by atoms with Crippen LogP contribution in [-0.2, 0) is 4.79 Å². The highest BCUT2D eigenvalue weighted by atomic mass is 127. The molecule has 0 saturated carbocycles. The number of nitrogens with one attached hydrogen (secondary N) is 1. The fourth-order valence-electron chi connectivity index (χ4n) is 3.32. The number of aliphatic imine (C=N–C) groups is 1. The molecule has 1 aliphatic rings. The van der Waals surface area contributed by atoms with Gasteiger partial charge in [0.05, 0.1) is 0 Å². The van der Waals surface area contributed by atoms with Crippen LogP contribution in [0, 0.1) is 5.92 Å². The van der Waals surface area contributed by atoms with Crippen molar-refractivity contribution in [3.8, 4) is 0 Å². The fourth-order valence-corrected chi connectivity index (χ4v) is 3.32. The van der Waals surface area contributed by atoms with Gasteiger partial charge in [0.2, 0.25) is 5.91 Å². The van der Waals surface area contributed by atoms with Crippen LogP contribution < -0.4 is 5.32 Å². The Labute approximate surface area is 175 Å². The van der Waals surface area contributed by atoms with Gasteiger partial charge in [0.25, 0.3) is 0 Å². The number of halogens is 1. The van der Waals surface area contributed by atoms with Crippen LogP contribution in [0.5, 0.6) is 0 Å². The summed E-state index contributed by atoms with van der Waals surface area (Å²) in [6.07, 6.45) is 2.15. The monoisotopic (exact) mass is 472 g/mol. The Morgan fingerprint density at radius 3 is 2.58 bits per heavy atom. The minimum Gasteiger partial charge on any atom is -0.356 e. The maximum Gasteiger partial charge on any atom is 0.243 e. The molecular formula is C20H33IN4O. The maximum atomic E-state index is 11.9. The molecule has 0 aliphatic carbocycles. The third kappa shape index (κ3) is 6.45. The van der Waals surface area contributed by atoms with E-state index in [2.05, 4.69) is 59.4 Å². The molecule has 2 rings (SSSR count). The van der Waals surface area contributed by atoms with Gasteiger partial charge in [-0.2, -0.15) is 0 Å². The zero-order valence-corrected chi connectivity index (χ0v) is 18.8. The molecule has 2 atom stereocenters. The molecule has 0 spiro atoms. The first-order valence-electron chi connectivity index (χ1n) is 9.31. The number of piperidine rings is 1. The lowest BCUT2D eigenvalue weighted by molar-refractivity contribution is -0.127. The Morgan fingerprint density at radius 1 is 1.31 bits per heavy atom. The summed E-state index contributed by atoms with van der Waals surface area (Å²) in [5.74, 6) is 2.04. The van der Waals surface area contributed by atoms with Crippen LogP contribution in [-0.4, -0.2) is 61.9 Å². The Bertz CT molecular complexity index is 576. The number of benzene rings is 1. The number of rotatable bonds is 5. The Hall–Kier alpha value is -1.31. The van der Waals surface area contributed by atoms with Crippen molar-refractivity contribution in [2.24, 2.45) is 10.9 Å². The van der Waals surface area contributed by atoms with Gasteiger partial charge < -0.3 is 15.1 Å². The van der Waals surface area contributed by atoms with E-state index in [4.69, 9.17) is 0 Å². The van der Waals surface area contributed by atoms with Crippen LogP contribution in [0.3, 0.4) is 0 Å². The van der Waals surface area contributed by atoms with Gasteiger partial charge in [-0.05, 0) is 30.2 Å². The molecule has 1 aromatic rings. The summed E-state index contributed by atoms with van der Waals surface area (Å²) in [6, 6.07) is 10.8. The molecule has 1 N–H and O–H groups in total. The zero-order chi connectivity index (χ0) is 18.2. The number of likely N-dealkylation sites (tertiary alicyclic amines) is 1. The van der Waals surface area contributed by atoms with Crippen molar-refractivity contribution in [3.05, 3.63) is 35.9 Å². The lowest BCUT2D eigenvalue weighted by atomic mass is 9.82. The highest BCUT2D eigenvalue weighted by Gasteiger charge is 2.28. The number of carbonyl (C=O) groups excluding carboxylic acids is 1. The third-order valence-corrected chi connectivity index (χ3v) is 4.83. The SMILES string of the molecule is CCCNC(=NCC(=O)N(C)C)N1CCC(c2ccccc2)C(C)C1.I. The van der Waals surface area contributed by atoms with E-state index in [1.54, 1.807) is 19.0 Å². The lowest BCUT2D eigenvalue weighted by Crippen LogP contribution is -2.48. The van der Waals surface area contributed by atoms with Gasteiger partial charge in [0.15, 0.2) is 5.96 Å². The van der Waals surface area contributed by atoms with Gasteiger partial charge in [-0.3, -0.25) is 4.79 Å². The quantitative estimate of drug-likeness (QED) is 0.407. The zero-order valence-electron chi connectivity index (χ0n) is 16.4. The van der Waals surface area contributed by atoms with Gasteiger partial charge in [0.1, 0.15) is 6.54 Å². The van der Waals surface area contributed by atoms with Crippen molar-refractivity contribution in [1.82, 2.24) is 15.1 Å². The minimum atomic E-state index is 0. The molecule has 5 nitrogen and oxygen atoms in total. The topological polar surface area (TPSA) is 47.9 Å². The van der Waals surface area contributed by atoms with E-state index in [1.807, 2.05) is 0 Å². The van der Waals surface area contributed by atoms with Crippen LogP contribution in [0.25, 0.3) is 0 Å². The number of nitrogens with zero attached hydrogens (tertiary/aromatic N) is 3. The molecule has 0 bridgehead atoms. The molecule has 1 aromatic carbocycles. The predicted molar refractivity (Wildman–Crippen MR) is 119 cm³/mol. The van der Waals surface area contributed by atoms with E-state index in [1.165, 1.54) is 5.56 Å². The summed E-state index contributed by atoms with van der Waals surface area (Å²) >= 11 is 0. The van der Waals surface area contributed by atoms with E-state index in [-0.39, 0.29) is 36.4 Å². The number of carbonyl (C=O) groups is 1. The first-order valence-corrected chi connectivity index (χ1v) is 9.31. The van der Waals surface area contributed by atoms with E-state index in [0.717, 1.165) is 38.4 Å². The summed E-state index contributed by atoms with van der Waals surface area (Å²) in [4.78, 5) is 20.4. The van der Waals surface area contributed by atoms with Gasteiger partial charge in [0, 0.05) is 33.7 Å². The van der Waals surface area contributed by atoms with Crippen LogP contribution in [0.2, 0.25) is 0 Å². The number of amides is 1. The molecule has 1 heterocycles. The highest BCUT2D eigenvalue weighted by Crippen LogP contribution is 2.32. The van der Waals surface area contributed by atoms with E-state index < -0.39 is 0 Å². The fraction of sp³-hybridized carbons (Fsp3) is 0.600. The normalized spacial score (nSPS) is 20.3. The van der Waals surface area contributed by atoms with Gasteiger partial charge in [-0.1, -0.05) is 44.2 Å². The standard InChI is InChI=1S/C20H32N4O.HI/c1-5-12-21-20(22-14-19(25)23(3)4)24-13-11-18(16(2)15-24)17-9-7-6-8-10-17;/h6-10,16,18H,5,11-15H2,1-4H3,(H,21,22);1H. The summed E-state index contributed by atoms with van der Waals surface area (Å²) in [7, 11) is 3.54. The Kier molecular flexibility index (Phi) is 9.98. The van der Waals surface area contributed by atoms with Crippen molar-refractivity contribution in [3.63, 3.8) is 0 Å². The summed E-state index contributed by atoms with van der Waals surface area (Å²) in [5.41, 5.74) is 1.43. The number of guanidine groups is 1. The molecule has 0 aromatic heterocycles. The first kappa shape index (κ1) is 22.7. The van der Waals surface area contributed by atoms with Crippen molar-refractivity contribution in [2.75, 3.05) is 40.3 Å². The Morgan fingerprint density at radius 2 is 2.00 bits per heavy atom. The van der Waals surface area contributed by atoms with Crippen LogP contribution in [0.4, 0.5) is 0 Å². The molecule has 146 valence electrons. The van der Waals surface area contributed by atoms with E-state index >= 15 is 0 Å². The average molecular weight is 472 g/mol. The molecule has 1 saturated heterocycles. The second-order valence-corrected chi connectivity index (χ2v) is 7.08. The molecule has 2 unspecified atom stereocenters. The summed E-state index contributed by atoms with van der Waals surface area (Å²) in [5, 5.41) is 3.41. The molecule has 1 fully saturated rings. The second kappa shape index (κ2) is 11.4. The van der Waals surface area contributed by atoms with Crippen molar-refractivity contribution in [2.45, 2.75) is 32.6 Å². The molecule has 0 radical (unpaired) electrons. The number of hydrogen-bond donors (Lipinski definition) is 1. The highest BCUT2D eigenvalue weighted by molar-refractivity contribution is 14.0. The van der Waals surface area contributed by atoms with Crippen LogP contribution in [0.15, 0.2) is 35.3 Å². The largest absolute Gasteiger partial charge is 0.356 e. The van der Waals surface area contributed by atoms with Gasteiger partial charge in [-0.15, -0.1) is 24.0 Å². The molecule has 1 aliphatic heterocycles. The van der Waals surface area contributed by atoms with Crippen LogP contribution in [0.1, 0.15) is 38.2 Å². The maximum absolute atomic E-state index is 11.9. The molecular weight excluding hydrogens is 439 g/mol. The number of likely N-dealkylation sites (N-methyl/N-ethyl adjacent to an activating group) is 1. The first-order chi connectivity index (χ1) is 12.0. The Balaban J connectivity index is 0.00000338. The van der Waals surface area contributed by atoms with E-state index in [9.17, 15) is 4.79 Å². The summed E-state index contributed by atoms with van der Waals surface area (Å²) in [6.45, 7) is 7.46. The third-order valence-electron chi connectivity index (χ3n) is 4.83. The van der Waals surface area contributed by atoms with E-state index in [0.29, 0.717) is 11.8 Å². The second-order valence-electron chi connectivity index (χ2n) is 7.08. The average Bonchev–Trinajstić information content (AvgIpc) is 2.62. The molecule has 26 heavy (non-hydrogen) atoms. The number of hydrogen-bond acceptors (Lipinski definition) is 2. The lowest BCUT2D eigenvalue weighted by Gasteiger charge is -2.39. The van der Waals surface area contributed by atoms with Crippen LogP contribution >= 0.6 is 24.0 Å². The molecule has 1 amide bonds. The summed E-state index contributed by atoms with van der Waals surface area (Å²) < 4.78 is 0. The minimum absolute atomic E-state index is 0. The van der Waals surface area contributed by atoms with Gasteiger partial charge in [-0.25, -0.2) is 4.99 Å². The molecule has 6 heteroatoms. The van der Waals surface area contributed by atoms with Crippen molar-refractivity contribution in [1.29, 1.82) is 0 Å². The van der Waals surface area contributed by atoms with Gasteiger partial charge >= 0.3 is 0 Å². The smallest absolute Gasteiger partial charge is 0.243 e. The van der Waals surface area contributed by atoms with Crippen molar-refractivity contribution >= 4 is 35.8 Å².